The molecule has 86 valence electrons. The Labute approximate surface area is 89.0 Å². The highest BCUT2D eigenvalue weighted by molar-refractivity contribution is 4.65. The Balaban J connectivity index is 3.85. The molecule has 0 aromatic carbocycles. The fourth-order valence-electron chi connectivity index (χ4n) is 1.65. The Hall–Kier alpha value is -0.0800. The maximum atomic E-state index is 5.79. The van der Waals surface area contributed by atoms with Crippen molar-refractivity contribution in [1.82, 2.24) is 0 Å². The first-order chi connectivity index (χ1) is 6.65. The molecule has 0 spiro atoms. The highest BCUT2D eigenvalue weighted by Gasteiger charge is 2.17. The maximum absolute atomic E-state index is 5.79. The van der Waals surface area contributed by atoms with Crippen molar-refractivity contribution in [3.63, 3.8) is 0 Å². The summed E-state index contributed by atoms with van der Waals surface area (Å²) in [6, 6.07) is 0. The standard InChI is InChI=1S/C12H26O2/c1-6-8-9-10(3)12(7-2)14-11(4)13-5/h10-12H,6-9H2,1-5H3. The molecule has 2 heteroatoms. The van der Waals surface area contributed by atoms with Gasteiger partial charge in [0.15, 0.2) is 6.29 Å². The molecule has 0 amide bonds. The minimum Gasteiger partial charge on any atom is -0.356 e. The summed E-state index contributed by atoms with van der Waals surface area (Å²) in [6.07, 6.45) is 5.15. The maximum Gasteiger partial charge on any atom is 0.154 e. The molecule has 0 bridgehead atoms. The third-order valence-electron chi connectivity index (χ3n) is 2.75. The molecular weight excluding hydrogens is 176 g/mol. The summed E-state index contributed by atoms with van der Waals surface area (Å²) in [4.78, 5) is 0. The Morgan fingerprint density at radius 2 is 1.79 bits per heavy atom. The van der Waals surface area contributed by atoms with Crippen LogP contribution in [0.1, 0.15) is 53.4 Å². The minimum absolute atomic E-state index is 0.0796. The molecule has 0 aliphatic heterocycles. The molecule has 0 radical (unpaired) electrons. The van der Waals surface area contributed by atoms with Crippen LogP contribution in [0.5, 0.6) is 0 Å². The van der Waals surface area contributed by atoms with Gasteiger partial charge in [0.05, 0.1) is 6.10 Å². The molecule has 0 heterocycles. The molecule has 0 rings (SSSR count). The average Bonchev–Trinajstić information content (AvgIpc) is 2.21. The van der Waals surface area contributed by atoms with Crippen molar-refractivity contribution >= 4 is 0 Å². The molecule has 0 aromatic heterocycles. The molecule has 0 saturated heterocycles. The molecule has 0 aromatic rings. The van der Waals surface area contributed by atoms with Gasteiger partial charge in [-0.1, -0.05) is 33.6 Å². The predicted molar refractivity (Wildman–Crippen MR) is 60.3 cm³/mol. The first kappa shape index (κ1) is 13.9. The van der Waals surface area contributed by atoms with E-state index in [2.05, 4.69) is 20.8 Å². The molecule has 0 aliphatic carbocycles. The third-order valence-corrected chi connectivity index (χ3v) is 2.75. The van der Waals surface area contributed by atoms with Gasteiger partial charge in [0.2, 0.25) is 0 Å². The van der Waals surface area contributed by atoms with Crippen molar-refractivity contribution in [3.05, 3.63) is 0 Å². The normalized spacial score (nSPS) is 17.8. The summed E-state index contributed by atoms with van der Waals surface area (Å²) in [5, 5.41) is 0. The van der Waals surface area contributed by atoms with Gasteiger partial charge in [-0.3, -0.25) is 0 Å². The number of unbranched alkanes of at least 4 members (excludes halogenated alkanes) is 1. The molecule has 0 saturated carbocycles. The number of ether oxygens (including phenoxy) is 2. The molecule has 14 heavy (non-hydrogen) atoms. The lowest BCUT2D eigenvalue weighted by molar-refractivity contribution is -0.157. The summed E-state index contributed by atoms with van der Waals surface area (Å²) in [5.74, 6) is 0.637. The molecule has 0 fully saturated rings. The van der Waals surface area contributed by atoms with Crippen LogP contribution in [0.2, 0.25) is 0 Å². The minimum atomic E-state index is -0.0796. The summed E-state index contributed by atoms with van der Waals surface area (Å²) < 4.78 is 10.9. The van der Waals surface area contributed by atoms with Gasteiger partial charge in [0.25, 0.3) is 0 Å². The van der Waals surface area contributed by atoms with Crippen molar-refractivity contribution in [3.8, 4) is 0 Å². The van der Waals surface area contributed by atoms with Crippen molar-refractivity contribution in [2.75, 3.05) is 7.11 Å². The quantitative estimate of drug-likeness (QED) is 0.560. The summed E-state index contributed by atoms with van der Waals surface area (Å²) >= 11 is 0. The second kappa shape index (κ2) is 8.25. The monoisotopic (exact) mass is 202 g/mol. The number of rotatable bonds is 8. The van der Waals surface area contributed by atoms with Crippen molar-refractivity contribution in [2.45, 2.75) is 65.8 Å². The van der Waals surface area contributed by atoms with E-state index in [0.29, 0.717) is 12.0 Å². The van der Waals surface area contributed by atoms with Gasteiger partial charge in [-0.05, 0) is 25.7 Å². The smallest absolute Gasteiger partial charge is 0.154 e. The lowest BCUT2D eigenvalue weighted by Crippen LogP contribution is -2.26. The van der Waals surface area contributed by atoms with Gasteiger partial charge >= 0.3 is 0 Å². The van der Waals surface area contributed by atoms with E-state index in [4.69, 9.17) is 9.47 Å². The largest absolute Gasteiger partial charge is 0.356 e. The van der Waals surface area contributed by atoms with E-state index in [1.165, 1.54) is 19.3 Å². The van der Waals surface area contributed by atoms with Crippen molar-refractivity contribution in [2.24, 2.45) is 5.92 Å². The number of methoxy groups -OCH3 is 1. The van der Waals surface area contributed by atoms with Crippen molar-refractivity contribution < 1.29 is 9.47 Å². The Bertz CT molecular complexity index is 125. The highest BCUT2D eigenvalue weighted by Crippen LogP contribution is 2.19. The fourth-order valence-corrected chi connectivity index (χ4v) is 1.65. The summed E-state index contributed by atoms with van der Waals surface area (Å²) in [6.45, 7) is 8.63. The SMILES string of the molecule is CCCCC(C)C(CC)OC(C)OC. The van der Waals surface area contributed by atoms with Crippen LogP contribution in [0.15, 0.2) is 0 Å². The Kier molecular flexibility index (Phi) is 8.20. The third kappa shape index (κ3) is 5.61. The highest BCUT2D eigenvalue weighted by atomic mass is 16.7. The predicted octanol–water partition coefficient (Wildman–Crippen LogP) is 3.60. The second-order valence-corrected chi connectivity index (χ2v) is 4.01. The van der Waals surface area contributed by atoms with E-state index in [1.54, 1.807) is 7.11 Å². The van der Waals surface area contributed by atoms with Crippen LogP contribution in [-0.2, 0) is 9.47 Å². The van der Waals surface area contributed by atoms with Crippen LogP contribution in [0.3, 0.4) is 0 Å². The lowest BCUT2D eigenvalue weighted by Gasteiger charge is -2.25. The van der Waals surface area contributed by atoms with E-state index in [9.17, 15) is 0 Å². The number of hydrogen-bond donors (Lipinski definition) is 0. The zero-order chi connectivity index (χ0) is 11.0. The molecule has 3 unspecified atom stereocenters. The van der Waals surface area contributed by atoms with Crippen LogP contribution >= 0.6 is 0 Å². The van der Waals surface area contributed by atoms with E-state index >= 15 is 0 Å². The van der Waals surface area contributed by atoms with Gasteiger partial charge in [0.1, 0.15) is 0 Å². The topological polar surface area (TPSA) is 18.5 Å². The zero-order valence-electron chi connectivity index (χ0n) is 10.4. The summed E-state index contributed by atoms with van der Waals surface area (Å²) in [7, 11) is 1.69. The molecule has 3 atom stereocenters. The fraction of sp³-hybridized carbons (Fsp3) is 1.00. The Morgan fingerprint density at radius 3 is 2.21 bits per heavy atom. The van der Waals surface area contributed by atoms with E-state index in [0.717, 1.165) is 6.42 Å². The van der Waals surface area contributed by atoms with E-state index in [-0.39, 0.29) is 6.29 Å². The first-order valence-corrected chi connectivity index (χ1v) is 5.83. The van der Waals surface area contributed by atoms with Crippen LogP contribution < -0.4 is 0 Å². The van der Waals surface area contributed by atoms with Gasteiger partial charge in [0, 0.05) is 7.11 Å². The lowest BCUT2D eigenvalue weighted by atomic mass is 9.96. The number of hydrogen-bond acceptors (Lipinski definition) is 2. The average molecular weight is 202 g/mol. The molecule has 0 N–H and O–H groups in total. The first-order valence-electron chi connectivity index (χ1n) is 5.83. The van der Waals surface area contributed by atoms with Gasteiger partial charge in [-0.15, -0.1) is 0 Å². The second-order valence-electron chi connectivity index (χ2n) is 4.01. The van der Waals surface area contributed by atoms with E-state index in [1.807, 2.05) is 6.92 Å². The van der Waals surface area contributed by atoms with E-state index < -0.39 is 0 Å². The molecule has 2 nitrogen and oxygen atoms in total. The van der Waals surface area contributed by atoms with Crippen LogP contribution in [-0.4, -0.2) is 19.5 Å². The Morgan fingerprint density at radius 1 is 1.14 bits per heavy atom. The summed E-state index contributed by atoms with van der Waals surface area (Å²) in [5.41, 5.74) is 0. The molecule has 0 aliphatic rings. The van der Waals surface area contributed by atoms with Gasteiger partial charge in [-0.2, -0.15) is 0 Å². The molecular formula is C12H26O2. The van der Waals surface area contributed by atoms with Crippen molar-refractivity contribution in [1.29, 1.82) is 0 Å². The zero-order valence-corrected chi connectivity index (χ0v) is 10.4. The van der Waals surface area contributed by atoms with Crippen LogP contribution in [0.4, 0.5) is 0 Å². The van der Waals surface area contributed by atoms with Crippen LogP contribution in [0.25, 0.3) is 0 Å². The van der Waals surface area contributed by atoms with Crippen LogP contribution in [0, 0.1) is 5.92 Å². The van der Waals surface area contributed by atoms with Gasteiger partial charge in [-0.25, -0.2) is 0 Å². The van der Waals surface area contributed by atoms with Gasteiger partial charge < -0.3 is 9.47 Å².